The average molecular weight is 693 g/mol. The van der Waals surface area contributed by atoms with Gasteiger partial charge in [-0.05, 0) is 96.3 Å². The number of halogens is 1. The van der Waals surface area contributed by atoms with E-state index < -0.39 is 22.0 Å². The zero-order valence-corrected chi connectivity index (χ0v) is 25.2. The fourth-order valence-corrected chi connectivity index (χ4v) is 5.04. The van der Waals surface area contributed by atoms with Crippen molar-refractivity contribution in [2.75, 3.05) is 10.6 Å². The third kappa shape index (κ3) is 8.51. The van der Waals surface area contributed by atoms with E-state index in [2.05, 4.69) is 38.5 Å². The Labute approximate surface area is 260 Å². The van der Waals surface area contributed by atoms with Gasteiger partial charge in [0.2, 0.25) is 5.91 Å². The summed E-state index contributed by atoms with van der Waals surface area (Å²) < 4.78 is 1.06. The number of nitrogens with one attached hydrogen (secondary N) is 3. The van der Waals surface area contributed by atoms with Gasteiger partial charge in [0.05, 0.1) is 15.7 Å². The Morgan fingerprint density at radius 2 is 1.55 bits per heavy atom. The van der Waals surface area contributed by atoms with Gasteiger partial charge in [0.25, 0.3) is 17.5 Å². The summed E-state index contributed by atoms with van der Waals surface area (Å²) in [4.78, 5) is 50.7. The molecule has 1 unspecified atom stereocenters. The zero-order valence-electron chi connectivity index (χ0n) is 22.2. The lowest BCUT2D eigenvalue weighted by Crippen LogP contribution is -2.30. The number of para-hydroxylation sites is 1. The maximum absolute atomic E-state index is 13.4. The van der Waals surface area contributed by atoms with Crippen LogP contribution >= 0.6 is 34.4 Å². The summed E-state index contributed by atoms with van der Waals surface area (Å²) >= 11 is 3.51. The molecule has 4 aromatic rings. The predicted molar refractivity (Wildman–Crippen MR) is 173 cm³/mol. The summed E-state index contributed by atoms with van der Waals surface area (Å²) in [5.41, 5.74) is 1.18. The van der Waals surface area contributed by atoms with Gasteiger partial charge >= 0.3 is 0 Å². The van der Waals surface area contributed by atoms with Crippen LogP contribution in [0.3, 0.4) is 0 Å². The van der Waals surface area contributed by atoms with Gasteiger partial charge < -0.3 is 16.0 Å². The summed E-state index contributed by atoms with van der Waals surface area (Å²) in [6.45, 7) is 1.78. The number of thioether (sulfide) groups is 1. The first kappa shape index (κ1) is 30.5. The van der Waals surface area contributed by atoms with Gasteiger partial charge in [0, 0.05) is 31.5 Å². The lowest BCUT2D eigenvalue weighted by atomic mass is 10.1. The molecule has 0 aliphatic rings. The minimum absolute atomic E-state index is 0.151. The van der Waals surface area contributed by atoms with Crippen molar-refractivity contribution in [3.8, 4) is 0 Å². The van der Waals surface area contributed by atoms with Crippen LogP contribution < -0.4 is 16.0 Å². The highest BCUT2D eigenvalue weighted by molar-refractivity contribution is 14.1. The van der Waals surface area contributed by atoms with Crippen LogP contribution in [0.25, 0.3) is 6.08 Å². The van der Waals surface area contributed by atoms with Crippen LogP contribution in [-0.2, 0) is 9.59 Å². The van der Waals surface area contributed by atoms with Gasteiger partial charge in [-0.15, -0.1) is 11.8 Å². The number of nitro groups is 1. The average Bonchev–Trinajstić information content (AvgIpc) is 2.98. The highest BCUT2D eigenvalue weighted by Gasteiger charge is 2.19. The molecule has 3 N–H and O–H groups in total. The van der Waals surface area contributed by atoms with Gasteiger partial charge in [-0.25, -0.2) is 0 Å². The molecular weight excluding hydrogens is 667 g/mol. The van der Waals surface area contributed by atoms with Crippen LogP contribution in [-0.4, -0.2) is 27.9 Å². The lowest BCUT2D eigenvalue weighted by molar-refractivity contribution is -0.385. The largest absolute Gasteiger partial charge is 0.325 e. The third-order valence-corrected chi connectivity index (χ3v) is 7.66. The Hall–Kier alpha value is -4.49. The van der Waals surface area contributed by atoms with Gasteiger partial charge in [0.15, 0.2) is 0 Å². The van der Waals surface area contributed by atoms with E-state index in [0.29, 0.717) is 16.9 Å². The molecule has 4 rings (SSSR count). The second kappa shape index (κ2) is 14.4. The van der Waals surface area contributed by atoms with E-state index >= 15 is 0 Å². The molecular formula is C31H25IN4O5S. The Bertz CT molecular complexity index is 1640. The number of amides is 3. The molecule has 0 aliphatic heterocycles. The van der Waals surface area contributed by atoms with E-state index in [-0.39, 0.29) is 22.9 Å². The molecule has 0 aromatic heterocycles. The minimum atomic E-state index is -0.677. The van der Waals surface area contributed by atoms with Crippen molar-refractivity contribution in [2.45, 2.75) is 17.1 Å². The molecule has 0 heterocycles. The number of benzene rings is 4. The predicted octanol–water partition coefficient (Wildman–Crippen LogP) is 6.73. The maximum Gasteiger partial charge on any atom is 0.276 e. The first-order chi connectivity index (χ1) is 20.2. The number of nitrogens with zero attached hydrogens (tertiary/aromatic N) is 1. The fourth-order valence-electron chi connectivity index (χ4n) is 3.75. The number of hydrogen-bond donors (Lipinski definition) is 3. The van der Waals surface area contributed by atoms with Crippen LogP contribution in [0.5, 0.6) is 0 Å². The van der Waals surface area contributed by atoms with Crippen LogP contribution in [0.2, 0.25) is 0 Å². The molecule has 3 amide bonds. The monoisotopic (exact) mass is 692 g/mol. The smallest absolute Gasteiger partial charge is 0.276 e. The van der Waals surface area contributed by atoms with E-state index in [1.165, 1.54) is 36.0 Å². The summed E-state index contributed by atoms with van der Waals surface area (Å²) in [7, 11) is 0. The summed E-state index contributed by atoms with van der Waals surface area (Å²) in [6, 6.07) is 28.6. The minimum Gasteiger partial charge on any atom is -0.325 e. The highest BCUT2D eigenvalue weighted by Crippen LogP contribution is 2.27. The van der Waals surface area contributed by atoms with E-state index in [4.69, 9.17) is 0 Å². The van der Waals surface area contributed by atoms with E-state index in [1.807, 2.05) is 30.3 Å². The number of rotatable bonds is 10. The molecule has 0 saturated heterocycles. The van der Waals surface area contributed by atoms with Crippen molar-refractivity contribution in [1.82, 2.24) is 5.32 Å². The molecule has 0 radical (unpaired) electrons. The SMILES string of the molecule is CC(Sc1cccc(NC(=O)/C(=C\c2ccccc2[N+](=O)[O-])NC(=O)c2ccccc2)c1)C(=O)Nc1ccc(I)cc1. The standard InChI is InChI=1S/C31H25IN4O5S/c1-20(29(37)33-24-16-14-23(32)15-17-24)42-26-12-7-11-25(19-26)34-31(39)27(35-30(38)21-8-3-2-4-9-21)18-22-10-5-6-13-28(22)36(40)41/h2-20H,1H3,(H,33,37)(H,34,39)(H,35,38)/b27-18+. The van der Waals surface area contributed by atoms with Crippen LogP contribution in [0, 0.1) is 13.7 Å². The first-order valence-electron chi connectivity index (χ1n) is 12.7. The second-order valence-corrected chi connectivity index (χ2v) is 11.6. The Kier molecular flexibility index (Phi) is 10.5. The van der Waals surface area contributed by atoms with Crippen molar-refractivity contribution >= 4 is 75.2 Å². The topological polar surface area (TPSA) is 130 Å². The summed E-state index contributed by atoms with van der Waals surface area (Å²) in [6.07, 6.45) is 1.27. The number of carbonyl (C=O) groups is 3. The summed E-state index contributed by atoms with van der Waals surface area (Å²) in [5, 5.41) is 19.3. The normalized spacial score (nSPS) is 11.7. The molecule has 9 nitrogen and oxygen atoms in total. The van der Waals surface area contributed by atoms with Crippen LogP contribution in [0.15, 0.2) is 114 Å². The fraction of sp³-hybridized carbons (Fsp3) is 0.0645. The molecule has 1 atom stereocenters. The van der Waals surface area contributed by atoms with Gasteiger partial charge in [-0.1, -0.05) is 36.4 Å². The van der Waals surface area contributed by atoms with Crippen LogP contribution in [0.4, 0.5) is 17.1 Å². The van der Waals surface area contributed by atoms with E-state index in [1.54, 1.807) is 61.5 Å². The Balaban J connectivity index is 1.52. The van der Waals surface area contributed by atoms with Gasteiger partial charge in [-0.3, -0.25) is 24.5 Å². The second-order valence-electron chi connectivity index (χ2n) is 8.93. The van der Waals surface area contributed by atoms with Crippen molar-refractivity contribution in [2.24, 2.45) is 0 Å². The number of carbonyl (C=O) groups excluding carboxylic acids is 3. The Morgan fingerprint density at radius 1 is 0.857 bits per heavy atom. The van der Waals surface area contributed by atoms with E-state index in [9.17, 15) is 24.5 Å². The van der Waals surface area contributed by atoms with Crippen LogP contribution in [0.1, 0.15) is 22.8 Å². The summed E-state index contributed by atoms with van der Waals surface area (Å²) in [5.74, 6) is -1.40. The maximum atomic E-state index is 13.4. The molecule has 0 saturated carbocycles. The lowest BCUT2D eigenvalue weighted by Gasteiger charge is -2.14. The number of nitro benzene ring substituents is 1. The molecule has 4 aromatic carbocycles. The van der Waals surface area contributed by atoms with E-state index in [0.717, 1.165) is 8.47 Å². The third-order valence-electron chi connectivity index (χ3n) is 5.85. The molecule has 212 valence electrons. The van der Waals surface area contributed by atoms with Crippen molar-refractivity contribution < 1.29 is 19.3 Å². The highest BCUT2D eigenvalue weighted by atomic mass is 127. The number of hydrogen-bond acceptors (Lipinski definition) is 6. The molecule has 0 spiro atoms. The van der Waals surface area contributed by atoms with Crippen molar-refractivity contribution in [3.05, 3.63) is 134 Å². The quantitative estimate of drug-likeness (QED) is 0.0556. The zero-order chi connectivity index (χ0) is 30.1. The number of anilines is 2. The molecule has 0 fully saturated rings. The van der Waals surface area contributed by atoms with Gasteiger partial charge in [0.1, 0.15) is 5.70 Å². The first-order valence-corrected chi connectivity index (χ1v) is 14.6. The van der Waals surface area contributed by atoms with Gasteiger partial charge in [-0.2, -0.15) is 0 Å². The Morgan fingerprint density at radius 3 is 2.26 bits per heavy atom. The molecule has 11 heteroatoms. The van der Waals surface area contributed by atoms with Crippen molar-refractivity contribution in [3.63, 3.8) is 0 Å². The molecule has 42 heavy (non-hydrogen) atoms. The molecule has 0 bridgehead atoms. The van der Waals surface area contributed by atoms with Crippen molar-refractivity contribution in [1.29, 1.82) is 0 Å². The molecule has 0 aliphatic carbocycles.